The zero-order valence-electron chi connectivity index (χ0n) is 12.7. The molecule has 0 aromatic heterocycles. The van der Waals surface area contributed by atoms with E-state index in [0.717, 1.165) is 25.6 Å². The monoisotopic (exact) mass is 327 g/mol. The van der Waals surface area contributed by atoms with E-state index in [1.54, 1.807) is 18.2 Å². The highest BCUT2D eigenvalue weighted by Crippen LogP contribution is 2.29. The van der Waals surface area contributed by atoms with Crippen molar-refractivity contribution >= 4 is 27.3 Å². The standard InChI is InChI=1S/C14H21N3O4S/c1-21-13-8-11(5-6-12(13)17-22(2,19)20)16-14(18)10-4-3-7-15-9-10/h5-6,8,10,15,17H,3-4,7,9H2,1-2H3,(H,16,18). The van der Waals surface area contributed by atoms with Gasteiger partial charge in [0.15, 0.2) is 0 Å². The minimum Gasteiger partial charge on any atom is -0.494 e. The third-order valence-corrected chi connectivity index (χ3v) is 4.02. The Balaban J connectivity index is 2.10. The van der Waals surface area contributed by atoms with Crippen molar-refractivity contribution in [2.75, 3.05) is 36.5 Å². The van der Waals surface area contributed by atoms with Crippen LogP contribution < -0.4 is 20.1 Å². The van der Waals surface area contributed by atoms with E-state index in [2.05, 4.69) is 15.4 Å². The molecule has 1 aromatic carbocycles. The Hall–Kier alpha value is -1.80. The van der Waals surface area contributed by atoms with E-state index in [1.807, 2.05) is 0 Å². The predicted molar refractivity (Wildman–Crippen MR) is 85.7 cm³/mol. The van der Waals surface area contributed by atoms with Crippen molar-refractivity contribution in [2.24, 2.45) is 5.92 Å². The maximum absolute atomic E-state index is 12.2. The average Bonchev–Trinajstić information content (AvgIpc) is 2.48. The lowest BCUT2D eigenvalue weighted by atomic mass is 9.99. The van der Waals surface area contributed by atoms with Gasteiger partial charge in [-0.1, -0.05) is 0 Å². The van der Waals surface area contributed by atoms with Gasteiger partial charge < -0.3 is 15.4 Å². The molecule has 2 rings (SSSR count). The molecule has 22 heavy (non-hydrogen) atoms. The Kier molecular flexibility index (Phi) is 5.25. The van der Waals surface area contributed by atoms with Crippen molar-refractivity contribution in [1.82, 2.24) is 5.32 Å². The van der Waals surface area contributed by atoms with E-state index in [4.69, 9.17) is 4.74 Å². The summed E-state index contributed by atoms with van der Waals surface area (Å²) in [7, 11) is -1.94. The molecule has 1 unspecified atom stereocenters. The number of benzene rings is 1. The summed E-state index contributed by atoms with van der Waals surface area (Å²) >= 11 is 0. The second kappa shape index (κ2) is 6.97. The van der Waals surface area contributed by atoms with Crippen molar-refractivity contribution in [2.45, 2.75) is 12.8 Å². The highest BCUT2D eigenvalue weighted by atomic mass is 32.2. The van der Waals surface area contributed by atoms with Crippen molar-refractivity contribution in [3.8, 4) is 5.75 Å². The third-order valence-electron chi connectivity index (χ3n) is 3.43. The number of carbonyl (C=O) groups is 1. The normalized spacial score (nSPS) is 18.5. The molecule has 1 aliphatic heterocycles. The van der Waals surface area contributed by atoms with Crippen LogP contribution in [0.4, 0.5) is 11.4 Å². The highest BCUT2D eigenvalue weighted by molar-refractivity contribution is 7.92. The van der Waals surface area contributed by atoms with E-state index in [9.17, 15) is 13.2 Å². The molecule has 1 heterocycles. The van der Waals surface area contributed by atoms with Crippen LogP contribution in [0, 0.1) is 5.92 Å². The molecule has 0 aliphatic carbocycles. The first-order chi connectivity index (χ1) is 10.4. The van der Waals surface area contributed by atoms with Crippen LogP contribution in [0.25, 0.3) is 0 Å². The molecule has 1 fully saturated rings. The van der Waals surface area contributed by atoms with Gasteiger partial charge in [0.1, 0.15) is 5.75 Å². The summed E-state index contributed by atoms with van der Waals surface area (Å²) in [5, 5.41) is 6.04. The predicted octanol–water partition coefficient (Wildman–Crippen LogP) is 1.00. The lowest BCUT2D eigenvalue weighted by molar-refractivity contribution is -0.120. The minimum atomic E-state index is -3.39. The summed E-state index contributed by atoms with van der Waals surface area (Å²) in [6.07, 6.45) is 2.92. The number of anilines is 2. The molecule has 8 heteroatoms. The molecular formula is C14H21N3O4S. The van der Waals surface area contributed by atoms with Crippen LogP contribution in [0.3, 0.4) is 0 Å². The van der Waals surface area contributed by atoms with Crippen molar-refractivity contribution in [3.63, 3.8) is 0 Å². The Labute approximate surface area is 130 Å². The highest BCUT2D eigenvalue weighted by Gasteiger charge is 2.21. The summed E-state index contributed by atoms with van der Waals surface area (Å²) in [6.45, 7) is 1.63. The van der Waals surface area contributed by atoms with Gasteiger partial charge in [0.25, 0.3) is 0 Å². The zero-order chi connectivity index (χ0) is 16.2. The number of amides is 1. The molecule has 1 aliphatic rings. The molecule has 0 radical (unpaired) electrons. The number of carbonyl (C=O) groups excluding carboxylic acids is 1. The zero-order valence-corrected chi connectivity index (χ0v) is 13.5. The van der Waals surface area contributed by atoms with E-state index in [0.29, 0.717) is 23.7 Å². The fourth-order valence-corrected chi connectivity index (χ4v) is 2.94. The Morgan fingerprint density at radius 1 is 1.41 bits per heavy atom. The molecule has 1 atom stereocenters. The first kappa shape index (κ1) is 16.6. The molecule has 1 amide bonds. The van der Waals surface area contributed by atoms with Gasteiger partial charge in [0, 0.05) is 18.3 Å². The summed E-state index contributed by atoms with van der Waals surface area (Å²) in [4.78, 5) is 12.2. The van der Waals surface area contributed by atoms with Crippen LogP contribution in [-0.2, 0) is 14.8 Å². The quantitative estimate of drug-likeness (QED) is 0.750. The molecule has 0 saturated carbocycles. The minimum absolute atomic E-state index is 0.0434. The molecule has 1 aromatic rings. The SMILES string of the molecule is COc1cc(NC(=O)C2CCCNC2)ccc1NS(C)(=O)=O. The number of sulfonamides is 1. The van der Waals surface area contributed by atoms with Gasteiger partial charge >= 0.3 is 0 Å². The first-order valence-electron chi connectivity index (χ1n) is 7.06. The Morgan fingerprint density at radius 2 is 2.18 bits per heavy atom. The van der Waals surface area contributed by atoms with Crippen LogP contribution in [0.2, 0.25) is 0 Å². The van der Waals surface area contributed by atoms with Gasteiger partial charge in [0.2, 0.25) is 15.9 Å². The van der Waals surface area contributed by atoms with Gasteiger partial charge in [-0.25, -0.2) is 8.42 Å². The second-order valence-electron chi connectivity index (χ2n) is 5.32. The Bertz CT molecular complexity index is 639. The smallest absolute Gasteiger partial charge is 0.229 e. The molecule has 0 bridgehead atoms. The van der Waals surface area contributed by atoms with Gasteiger partial charge in [-0.05, 0) is 31.5 Å². The first-order valence-corrected chi connectivity index (χ1v) is 8.95. The number of hydrogen-bond acceptors (Lipinski definition) is 5. The molecule has 122 valence electrons. The van der Waals surface area contributed by atoms with Crippen LogP contribution >= 0.6 is 0 Å². The van der Waals surface area contributed by atoms with Crippen LogP contribution in [0.15, 0.2) is 18.2 Å². The fourth-order valence-electron chi connectivity index (χ4n) is 2.37. The summed E-state index contributed by atoms with van der Waals surface area (Å²) < 4.78 is 30.1. The molecule has 0 spiro atoms. The van der Waals surface area contributed by atoms with Crippen LogP contribution in [-0.4, -0.2) is 40.8 Å². The number of rotatable bonds is 5. The molecule has 7 nitrogen and oxygen atoms in total. The van der Waals surface area contributed by atoms with Crippen molar-refractivity contribution in [1.29, 1.82) is 0 Å². The number of ether oxygens (including phenoxy) is 1. The summed E-state index contributed by atoms with van der Waals surface area (Å²) in [5.74, 6) is 0.261. The number of methoxy groups -OCH3 is 1. The number of nitrogens with one attached hydrogen (secondary N) is 3. The van der Waals surface area contributed by atoms with E-state index < -0.39 is 10.0 Å². The summed E-state index contributed by atoms with van der Waals surface area (Å²) in [6, 6.07) is 4.81. The van der Waals surface area contributed by atoms with Crippen molar-refractivity contribution in [3.05, 3.63) is 18.2 Å². The fraction of sp³-hybridized carbons (Fsp3) is 0.500. The lowest BCUT2D eigenvalue weighted by Gasteiger charge is -2.22. The maximum atomic E-state index is 12.2. The second-order valence-corrected chi connectivity index (χ2v) is 7.07. The number of hydrogen-bond donors (Lipinski definition) is 3. The van der Waals surface area contributed by atoms with Gasteiger partial charge in [0.05, 0.1) is 25.0 Å². The number of piperidine rings is 1. The average molecular weight is 327 g/mol. The van der Waals surface area contributed by atoms with Crippen molar-refractivity contribution < 1.29 is 17.9 Å². The van der Waals surface area contributed by atoms with E-state index in [1.165, 1.54) is 7.11 Å². The topological polar surface area (TPSA) is 96.5 Å². The van der Waals surface area contributed by atoms with Crippen LogP contribution in [0.1, 0.15) is 12.8 Å². The van der Waals surface area contributed by atoms with Gasteiger partial charge in [-0.15, -0.1) is 0 Å². The molecule has 3 N–H and O–H groups in total. The van der Waals surface area contributed by atoms with Gasteiger partial charge in [-0.2, -0.15) is 0 Å². The lowest BCUT2D eigenvalue weighted by Crippen LogP contribution is -2.37. The van der Waals surface area contributed by atoms with E-state index >= 15 is 0 Å². The maximum Gasteiger partial charge on any atom is 0.229 e. The third kappa shape index (κ3) is 4.60. The van der Waals surface area contributed by atoms with Gasteiger partial charge in [-0.3, -0.25) is 9.52 Å². The summed E-state index contributed by atoms with van der Waals surface area (Å²) in [5.41, 5.74) is 0.911. The largest absolute Gasteiger partial charge is 0.494 e. The van der Waals surface area contributed by atoms with Crippen LogP contribution in [0.5, 0.6) is 5.75 Å². The molecular weight excluding hydrogens is 306 g/mol. The molecule has 1 saturated heterocycles. The Morgan fingerprint density at radius 3 is 2.77 bits per heavy atom. The van der Waals surface area contributed by atoms with E-state index in [-0.39, 0.29) is 11.8 Å².